The lowest BCUT2D eigenvalue weighted by Crippen LogP contribution is -2.60. The Morgan fingerprint density at radius 1 is 0.673 bits per heavy atom. The van der Waals surface area contributed by atoms with Gasteiger partial charge < -0.3 is 45.4 Å². The van der Waals surface area contributed by atoms with Crippen molar-refractivity contribution in [2.45, 2.75) is 229 Å². The molecule has 2 rings (SSSR count). The Morgan fingerprint density at radius 2 is 1.15 bits per heavy atom. The van der Waals surface area contributed by atoms with Crippen LogP contribution in [0.3, 0.4) is 0 Å². The van der Waals surface area contributed by atoms with Crippen molar-refractivity contribution in [1.82, 2.24) is 5.32 Å². The predicted molar refractivity (Wildman–Crippen MR) is 220 cm³/mol. The minimum absolute atomic E-state index is 0.270. The molecule has 1 heterocycles. The second kappa shape index (κ2) is 32.3. The maximum Gasteiger partial charge on any atom is 0.220 e. The van der Waals surface area contributed by atoms with Gasteiger partial charge in [0.2, 0.25) is 5.91 Å². The molecule has 1 aliphatic heterocycles. The number of aliphatic hydroxyl groups excluding tert-OH is 6. The van der Waals surface area contributed by atoms with Crippen molar-refractivity contribution in [2.24, 2.45) is 0 Å². The highest BCUT2D eigenvalue weighted by Crippen LogP contribution is 2.23. The van der Waals surface area contributed by atoms with Crippen LogP contribution in [0.2, 0.25) is 0 Å². The van der Waals surface area contributed by atoms with Crippen LogP contribution in [0.5, 0.6) is 0 Å². The summed E-state index contributed by atoms with van der Waals surface area (Å²) < 4.78 is 11.1. The van der Waals surface area contributed by atoms with Crippen LogP contribution in [-0.2, 0) is 20.7 Å². The van der Waals surface area contributed by atoms with Crippen LogP contribution in [0.15, 0.2) is 30.3 Å². The van der Waals surface area contributed by atoms with E-state index in [4.69, 9.17) is 9.47 Å². The van der Waals surface area contributed by atoms with Crippen LogP contribution in [0.25, 0.3) is 0 Å². The molecule has 0 radical (unpaired) electrons. The molecule has 1 aromatic carbocycles. The van der Waals surface area contributed by atoms with E-state index in [0.717, 1.165) is 31.2 Å². The first-order valence-electron chi connectivity index (χ1n) is 22.4. The van der Waals surface area contributed by atoms with E-state index in [2.05, 4.69) is 12.2 Å². The predicted octanol–water partition coefficient (Wildman–Crippen LogP) is 7.41. The summed E-state index contributed by atoms with van der Waals surface area (Å²) >= 11 is 0. The topological polar surface area (TPSA) is 169 Å². The molecule has 1 amide bonds. The maximum absolute atomic E-state index is 13.0. The molecule has 0 aromatic heterocycles. The molecular weight excluding hydrogens is 698 g/mol. The summed E-state index contributed by atoms with van der Waals surface area (Å²) in [4.78, 5) is 13.0. The first-order valence-corrected chi connectivity index (χ1v) is 22.4. The van der Waals surface area contributed by atoms with Crippen LogP contribution >= 0.6 is 0 Å². The molecule has 0 unspecified atom stereocenters. The van der Waals surface area contributed by atoms with E-state index in [0.29, 0.717) is 19.3 Å². The Balaban J connectivity index is 1.57. The summed E-state index contributed by atoms with van der Waals surface area (Å²) in [7, 11) is 0. The van der Waals surface area contributed by atoms with Crippen molar-refractivity contribution in [3.8, 4) is 0 Å². The number of hydrogen-bond acceptors (Lipinski definition) is 9. The van der Waals surface area contributed by atoms with Crippen LogP contribution in [0.4, 0.5) is 0 Å². The van der Waals surface area contributed by atoms with Gasteiger partial charge in [-0.05, 0) is 31.2 Å². The average molecular weight is 780 g/mol. The van der Waals surface area contributed by atoms with Gasteiger partial charge in [0.15, 0.2) is 6.29 Å². The molecular formula is C45H81NO9. The molecule has 320 valence electrons. The molecule has 55 heavy (non-hydrogen) atoms. The van der Waals surface area contributed by atoms with Gasteiger partial charge in [-0.15, -0.1) is 0 Å². The van der Waals surface area contributed by atoms with E-state index >= 15 is 0 Å². The lowest BCUT2D eigenvalue weighted by molar-refractivity contribution is -0.303. The number of ether oxygens (including phenoxy) is 2. The Kier molecular flexibility index (Phi) is 29.1. The third-order valence-electron chi connectivity index (χ3n) is 11.3. The molecule has 0 bridgehead atoms. The molecule has 10 nitrogen and oxygen atoms in total. The smallest absolute Gasteiger partial charge is 0.220 e. The summed E-state index contributed by atoms with van der Waals surface area (Å²) in [6.07, 6.45) is 22.1. The van der Waals surface area contributed by atoms with Crippen LogP contribution in [-0.4, -0.2) is 98.7 Å². The van der Waals surface area contributed by atoms with E-state index in [1.165, 1.54) is 122 Å². The maximum atomic E-state index is 13.0. The van der Waals surface area contributed by atoms with Gasteiger partial charge in [-0.25, -0.2) is 0 Å². The molecule has 10 heteroatoms. The molecule has 0 aliphatic carbocycles. The number of aliphatic hydroxyl groups is 6. The zero-order valence-electron chi connectivity index (χ0n) is 34.4. The summed E-state index contributed by atoms with van der Waals surface area (Å²) in [5.74, 6) is -0.276. The zero-order chi connectivity index (χ0) is 39.9. The van der Waals surface area contributed by atoms with Crippen LogP contribution < -0.4 is 5.32 Å². The number of amides is 1. The highest BCUT2D eigenvalue weighted by atomic mass is 16.7. The van der Waals surface area contributed by atoms with Gasteiger partial charge >= 0.3 is 0 Å². The second-order valence-electron chi connectivity index (χ2n) is 16.2. The van der Waals surface area contributed by atoms with Gasteiger partial charge in [-0.3, -0.25) is 4.79 Å². The van der Waals surface area contributed by atoms with Crippen molar-refractivity contribution in [3.63, 3.8) is 0 Å². The Hall–Kier alpha value is -1.63. The minimum atomic E-state index is -1.61. The van der Waals surface area contributed by atoms with Crippen molar-refractivity contribution < 1.29 is 44.9 Å². The van der Waals surface area contributed by atoms with Gasteiger partial charge in [0.05, 0.1) is 25.4 Å². The number of aryl methyl sites for hydroxylation is 1. The highest BCUT2D eigenvalue weighted by Gasteiger charge is 2.44. The molecule has 7 N–H and O–H groups in total. The van der Waals surface area contributed by atoms with E-state index in [1.807, 2.05) is 30.3 Å². The Morgan fingerprint density at radius 3 is 1.62 bits per heavy atom. The first-order chi connectivity index (χ1) is 26.8. The fourth-order valence-corrected chi connectivity index (χ4v) is 7.58. The number of rotatable bonds is 35. The Bertz CT molecular complexity index is 1030. The standard InChI is InChI=1S/C45H81NO9/c1-2-3-4-5-6-7-8-9-10-11-12-13-14-15-16-17-18-19-20-21-22-23-27-33-40(49)46-37(35-54-45-44(53)43(52)42(51)39(34-47)55-45)41(50)38(48)32-28-31-36-29-25-24-26-30-36/h24-26,29-30,37-39,41-45,47-48,50-53H,2-23,27-28,31-35H2,1H3,(H,46,49)/t37-,38-,39+,41-,42-,43-,44+,45-/m0/s1. The fraction of sp³-hybridized carbons (Fsp3) is 0.844. The van der Waals surface area contributed by atoms with E-state index in [1.54, 1.807) is 0 Å². The first kappa shape index (κ1) is 49.5. The van der Waals surface area contributed by atoms with Crippen molar-refractivity contribution in [3.05, 3.63) is 35.9 Å². The van der Waals surface area contributed by atoms with Crippen molar-refractivity contribution >= 4 is 5.91 Å². The molecule has 0 spiro atoms. The monoisotopic (exact) mass is 780 g/mol. The third-order valence-corrected chi connectivity index (χ3v) is 11.3. The summed E-state index contributed by atoms with van der Waals surface area (Å²) in [5, 5.41) is 64.9. The van der Waals surface area contributed by atoms with Crippen LogP contribution in [0.1, 0.15) is 179 Å². The normalized spacial score (nSPS) is 21.7. The van der Waals surface area contributed by atoms with Gasteiger partial charge in [0.1, 0.15) is 30.5 Å². The number of carbonyl (C=O) groups is 1. The van der Waals surface area contributed by atoms with E-state index < -0.39 is 55.6 Å². The van der Waals surface area contributed by atoms with Gasteiger partial charge in [-0.1, -0.05) is 179 Å². The molecule has 1 saturated heterocycles. The fourth-order valence-electron chi connectivity index (χ4n) is 7.58. The SMILES string of the molecule is CCCCCCCCCCCCCCCCCCCCCCCCCC(=O)N[C@@H](CO[C@H]1O[C@H](CO)[C@H](O)[C@H](O)[C@H]1O)[C@H](O)[C@@H](O)CCCc1ccccc1. The number of hydrogen-bond donors (Lipinski definition) is 7. The molecule has 1 fully saturated rings. The highest BCUT2D eigenvalue weighted by molar-refractivity contribution is 5.76. The van der Waals surface area contributed by atoms with E-state index in [9.17, 15) is 35.4 Å². The largest absolute Gasteiger partial charge is 0.394 e. The number of nitrogens with one attached hydrogen (secondary N) is 1. The van der Waals surface area contributed by atoms with Crippen LogP contribution in [0, 0.1) is 0 Å². The lowest BCUT2D eigenvalue weighted by atomic mass is 9.98. The second-order valence-corrected chi connectivity index (χ2v) is 16.2. The molecule has 8 atom stereocenters. The van der Waals surface area contributed by atoms with Gasteiger partial charge in [0.25, 0.3) is 0 Å². The number of carbonyl (C=O) groups excluding carboxylic acids is 1. The lowest BCUT2D eigenvalue weighted by Gasteiger charge is -2.40. The van der Waals surface area contributed by atoms with Gasteiger partial charge in [0, 0.05) is 6.42 Å². The van der Waals surface area contributed by atoms with Crippen molar-refractivity contribution in [1.29, 1.82) is 0 Å². The van der Waals surface area contributed by atoms with E-state index in [-0.39, 0.29) is 18.9 Å². The number of unbranched alkanes of at least 4 members (excludes halogenated alkanes) is 22. The zero-order valence-corrected chi connectivity index (χ0v) is 34.4. The minimum Gasteiger partial charge on any atom is -0.394 e. The van der Waals surface area contributed by atoms with Gasteiger partial charge in [-0.2, -0.15) is 0 Å². The molecule has 1 aliphatic rings. The Labute approximate surface area is 333 Å². The quantitative estimate of drug-likeness (QED) is 0.0347. The summed E-state index contributed by atoms with van der Waals surface area (Å²) in [6.45, 7) is 1.35. The molecule has 0 saturated carbocycles. The van der Waals surface area contributed by atoms with Crippen molar-refractivity contribution in [2.75, 3.05) is 13.2 Å². The number of benzene rings is 1. The summed E-state index contributed by atoms with van der Waals surface area (Å²) in [5.41, 5.74) is 1.12. The molecule has 1 aromatic rings. The third kappa shape index (κ3) is 22.8. The average Bonchev–Trinajstić information content (AvgIpc) is 3.19. The summed E-state index contributed by atoms with van der Waals surface area (Å²) in [6, 6.07) is 8.83.